The lowest BCUT2D eigenvalue weighted by molar-refractivity contribution is -0.137. The Hall–Kier alpha value is -5.27. The number of aliphatic hydroxyl groups is 1. The van der Waals surface area contributed by atoms with Crippen molar-refractivity contribution in [3.05, 3.63) is 139 Å². The molecule has 0 saturated heterocycles. The topological polar surface area (TPSA) is 112 Å². The standard InChI is InChI=1S/C33H21ClF5N3O5/c1-47-22-6-2-16(3-7-22)15-42-31(45)27-28(32(42,46)23-14-20(35)5-8-24(23)34)25(12-17-4-9-26(43)41-29(17)27)40-30(44)18-10-19(33(37,38)39)13-21(36)11-18/h2-14,46H,15H2,1H3,(H,40,44)(H,41,43). The number of aromatic amines is 1. The lowest BCUT2D eigenvalue weighted by Gasteiger charge is -2.36. The molecule has 0 fully saturated rings. The van der Waals surface area contributed by atoms with E-state index in [-0.39, 0.29) is 50.9 Å². The first kappa shape index (κ1) is 31.7. The van der Waals surface area contributed by atoms with Crippen LogP contribution < -0.4 is 15.6 Å². The Labute approximate surface area is 267 Å². The number of pyridine rings is 1. The number of carbonyl (C=O) groups is 2. The minimum atomic E-state index is -4.98. The second kappa shape index (κ2) is 11.5. The number of carbonyl (C=O) groups excluding carboxylic acids is 2. The summed E-state index contributed by atoms with van der Waals surface area (Å²) in [7, 11) is 1.45. The second-order valence-corrected chi connectivity index (χ2v) is 11.1. The van der Waals surface area contributed by atoms with Gasteiger partial charge in [-0.2, -0.15) is 13.2 Å². The molecule has 0 radical (unpaired) electrons. The predicted molar refractivity (Wildman–Crippen MR) is 161 cm³/mol. The Morgan fingerprint density at radius 2 is 1.70 bits per heavy atom. The number of H-pyrrole nitrogens is 1. The monoisotopic (exact) mass is 669 g/mol. The predicted octanol–water partition coefficient (Wildman–Crippen LogP) is 6.59. The van der Waals surface area contributed by atoms with E-state index in [0.717, 1.165) is 29.2 Å². The molecule has 2 heterocycles. The SMILES string of the molecule is COc1ccc(CN2C(=O)c3c(c(NC(=O)c4cc(F)cc(C(F)(F)F)c4)cc4ccc(=O)[nH]c34)C2(O)c2cc(F)ccc2Cl)cc1. The summed E-state index contributed by atoms with van der Waals surface area (Å²) in [5.41, 5.74) is -6.27. The highest BCUT2D eigenvalue weighted by Gasteiger charge is 2.54. The van der Waals surface area contributed by atoms with Crippen LogP contribution in [0.3, 0.4) is 0 Å². The molecule has 4 aromatic carbocycles. The van der Waals surface area contributed by atoms with E-state index >= 15 is 0 Å². The van der Waals surface area contributed by atoms with Gasteiger partial charge in [0, 0.05) is 39.7 Å². The van der Waals surface area contributed by atoms with E-state index in [0.29, 0.717) is 23.4 Å². The van der Waals surface area contributed by atoms with Crippen molar-refractivity contribution in [3.63, 3.8) is 0 Å². The van der Waals surface area contributed by atoms with Crippen molar-refractivity contribution >= 4 is 40.0 Å². The summed E-state index contributed by atoms with van der Waals surface area (Å²) in [6.07, 6.45) is -4.98. The van der Waals surface area contributed by atoms with E-state index in [9.17, 15) is 41.4 Å². The highest BCUT2D eigenvalue weighted by molar-refractivity contribution is 6.31. The molecule has 1 atom stereocenters. The average molecular weight is 670 g/mol. The van der Waals surface area contributed by atoms with E-state index < -0.39 is 52.0 Å². The zero-order valence-electron chi connectivity index (χ0n) is 24.0. The average Bonchev–Trinajstić information content (AvgIpc) is 3.25. The quantitative estimate of drug-likeness (QED) is 0.177. The van der Waals surface area contributed by atoms with Crippen molar-refractivity contribution in [2.24, 2.45) is 0 Å². The minimum Gasteiger partial charge on any atom is -0.497 e. The van der Waals surface area contributed by atoms with E-state index in [4.69, 9.17) is 16.3 Å². The fraction of sp³-hybridized carbons (Fsp3) is 0.121. The highest BCUT2D eigenvalue weighted by Crippen LogP contribution is 2.50. The molecule has 1 aliphatic rings. The molecule has 6 rings (SSSR count). The maximum Gasteiger partial charge on any atom is 0.416 e. The zero-order chi connectivity index (χ0) is 33.8. The van der Waals surface area contributed by atoms with Gasteiger partial charge in [-0.15, -0.1) is 0 Å². The van der Waals surface area contributed by atoms with Gasteiger partial charge in [-0.25, -0.2) is 8.78 Å². The molecule has 3 N–H and O–H groups in total. The maximum absolute atomic E-state index is 14.8. The summed E-state index contributed by atoms with van der Waals surface area (Å²) in [5, 5.41) is 15.1. The number of aromatic nitrogens is 1. The third-order valence-electron chi connectivity index (χ3n) is 7.76. The number of hydrogen-bond acceptors (Lipinski definition) is 5. The summed E-state index contributed by atoms with van der Waals surface area (Å²) in [5.74, 6) is -3.79. The molecule has 5 aromatic rings. The third kappa shape index (κ3) is 5.57. The zero-order valence-corrected chi connectivity index (χ0v) is 24.8. The van der Waals surface area contributed by atoms with Gasteiger partial charge >= 0.3 is 6.18 Å². The van der Waals surface area contributed by atoms with Gasteiger partial charge in [0.2, 0.25) is 5.56 Å². The Balaban J connectivity index is 1.61. The summed E-state index contributed by atoms with van der Waals surface area (Å²) in [6.45, 7) is -0.314. The van der Waals surface area contributed by atoms with Crippen molar-refractivity contribution in [1.82, 2.24) is 9.88 Å². The third-order valence-corrected chi connectivity index (χ3v) is 8.09. The number of anilines is 1. The van der Waals surface area contributed by atoms with Crippen LogP contribution in [-0.4, -0.2) is 33.9 Å². The Morgan fingerprint density at radius 3 is 2.38 bits per heavy atom. The molecule has 240 valence electrons. The number of nitrogens with zero attached hydrogens (tertiary/aromatic N) is 1. The van der Waals surface area contributed by atoms with Gasteiger partial charge in [0.25, 0.3) is 11.8 Å². The van der Waals surface area contributed by atoms with Crippen LogP contribution in [0.25, 0.3) is 10.9 Å². The lowest BCUT2D eigenvalue weighted by atomic mass is 9.90. The number of rotatable bonds is 6. The molecule has 0 spiro atoms. The first-order valence-electron chi connectivity index (χ1n) is 13.7. The van der Waals surface area contributed by atoms with Crippen molar-refractivity contribution in [2.75, 3.05) is 12.4 Å². The molecule has 0 bridgehead atoms. The van der Waals surface area contributed by atoms with Crippen LogP contribution in [0.2, 0.25) is 5.02 Å². The van der Waals surface area contributed by atoms with Crippen LogP contribution in [0.15, 0.2) is 83.7 Å². The Kier molecular flexibility index (Phi) is 7.77. The van der Waals surface area contributed by atoms with Crippen LogP contribution in [0.4, 0.5) is 27.6 Å². The van der Waals surface area contributed by atoms with Gasteiger partial charge in [0.05, 0.1) is 29.4 Å². The second-order valence-electron chi connectivity index (χ2n) is 10.7. The molecule has 1 unspecified atom stereocenters. The molecule has 0 aliphatic carbocycles. The van der Waals surface area contributed by atoms with Gasteiger partial charge < -0.3 is 20.1 Å². The van der Waals surface area contributed by atoms with Crippen LogP contribution in [0.5, 0.6) is 5.75 Å². The van der Waals surface area contributed by atoms with Crippen LogP contribution in [0.1, 0.15) is 43.0 Å². The van der Waals surface area contributed by atoms with Crippen molar-refractivity contribution in [1.29, 1.82) is 0 Å². The smallest absolute Gasteiger partial charge is 0.416 e. The minimum absolute atomic E-state index is 0.0520. The molecule has 2 amide bonds. The number of fused-ring (bicyclic) bond motifs is 3. The Bertz CT molecular complexity index is 2150. The van der Waals surface area contributed by atoms with Gasteiger partial charge in [0.15, 0.2) is 5.72 Å². The van der Waals surface area contributed by atoms with Gasteiger partial charge in [-0.3, -0.25) is 19.3 Å². The van der Waals surface area contributed by atoms with E-state index in [1.807, 2.05) is 0 Å². The van der Waals surface area contributed by atoms with Gasteiger partial charge in [-0.1, -0.05) is 23.7 Å². The Morgan fingerprint density at radius 1 is 0.979 bits per heavy atom. The van der Waals surface area contributed by atoms with E-state index in [1.54, 1.807) is 24.3 Å². The fourth-order valence-electron chi connectivity index (χ4n) is 5.62. The number of nitrogens with one attached hydrogen (secondary N) is 2. The summed E-state index contributed by atoms with van der Waals surface area (Å²) in [6, 6.07) is 14.4. The van der Waals surface area contributed by atoms with Crippen LogP contribution >= 0.6 is 11.6 Å². The lowest BCUT2D eigenvalue weighted by Crippen LogP contribution is -2.44. The number of alkyl halides is 3. The fourth-order valence-corrected chi connectivity index (χ4v) is 5.86. The summed E-state index contributed by atoms with van der Waals surface area (Å²) in [4.78, 5) is 43.7. The highest BCUT2D eigenvalue weighted by atomic mass is 35.5. The molecule has 14 heteroatoms. The maximum atomic E-state index is 14.8. The molecular formula is C33H21ClF5N3O5. The van der Waals surface area contributed by atoms with E-state index in [2.05, 4.69) is 10.3 Å². The first-order valence-corrected chi connectivity index (χ1v) is 14.1. The molecule has 1 aromatic heterocycles. The van der Waals surface area contributed by atoms with Gasteiger partial charge in [-0.05, 0) is 66.2 Å². The normalized spacial score (nSPS) is 16.0. The number of methoxy groups -OCH3 is 1. The van der Waals surface area contributed by atoms with Crippen molar-refractivity contribution in [3.8, 4) is 5.75 Å². The molecule has 47 heavy (non-hydrogen) atoms. The molecular weight excluding hydrogens is 649 g/mol. The molecule has 1 aliphatic heterocycles. The van der Waals surface area contributed by atoms with Crippen molar-refractivity contribution in [2.45, 2.75) is 18.4 Å². The molecule has 8 nitrogen and oxygen atoms in total. The van der Waals surface area contributed by atoms with Crippen molar-refractivity contribution < 1.29 is 41.4 Å². The number of amides is 2. The number of hydrogen-bond donors (Lipinski definition) is 3. The van der Waals surface area contributed by atoms with Crippen LogP contribution in [0, 0.1) is 11.6 Å². The summed E-state index contributed by atoms with van der Waals surface area (Å²) < 4.78 is 74.5. The van der Waals surface area contributed by atoms with E-state index in [1.165, 1.54) is 19.2 Å². The first-order chi connectivity index (χ1) is 22.2. The number of benzene rings is 4. The molecule has 0 saturated carbocycles. The number of ether oxygens (including phenoxy) is 1. The van der Waals surface area contributed by atoms with Crippen LogP contribution in [-0.2, 0) is 18.4 Å². The summed E-state index contributed by atoms with van der Waals surface area (Å²) >= 11 is 6.49. The number of halogens is 6. The largest absolute Gasteiger partial charge is 0.497 e. The van der Waals surface area contributed by atoms with Gasteiger partial charge in [0.1, 0.15) is 17.4 Å².